The van der Waals surface area contributed by atoms with Gasteiger partial charge in [-0.2, -0.15) is 5.10 Å². The van der Waals surface area contributed by atoms with Crippen LogP contribution in [0, 0.1) is 0 Å². The van der Waals surface area contributed by atoms with Crippen molar-refractivity contribution in [2.24, 2.45) is 0 Å². The Morgan fingerprint density at radius 1 is 1.26 bits per heavy atom. The van der Waals surface area contributed by atoms with Gasteiger partial charge in [0, 0.05) is 23.1 Å². The van der Waals surface area contributed by atoms with E-state index in [1.807, 2.05) is 35.0 Å². The largest absolute Gasteiger partial charge is 0.392 e. The fourth-order valence-electron chi connectivity index (χ4n) is 1.83. The number of rotatable bonds is 6. The number of benzene rings is 1. The van der Waals surface area contributed by atoms with Gasteiger partial charge in [-0.1, -0.05) is 18.2 Å². The summed E-state index contributed by atoms with van der Waals surface area (Å²) in [6.07, 6.45) is 1.68. The molecular weight excluding hydrogens is 258 g/mol. The topological polar surface area (TPSA) is 50.9 Å². The van der Waals surface area contributed by atoms with Gasteiger partial charge in [-0.15, -0.1) is 11.8 Å². The lowest BCUT2D eigenvalue weighted by molar-refractivity contribution is 0.195. The second kappa shape index (κ2) is 6.73. The smallest absolute Gasteiger partial charge is 0.138 e. The molecule has 2 aromatic rings. The third-order valence-corrected chi connectivity index (χ3v) is 3.90. The molecule has 19 heavy (non-hydrogen) atoms. The van der Waals surface area contributed by atoms with Crippen LogP contribution in [0.3, 0.4) is 0 Å². The Kier molecular flexibility index (Phi) is 4.99. The second-order valence-electron chi connectivity index (χ2n) is 4.70. The summed E-state index contributed by atoms with van der Waals surface area (Å²) in [6, 6.07) is 10.4. The van der Waals surface area contributed by atoms with Gasteiger partial charge in [0.05, 0.1) is 6.10 Å². The quantitative estimate of drug-likeness (QED) is 0.824. The molecule has 0 saturated carbocycles. The number of nitrogens with zero attached hydrogens (tertiary/aromatic N) is 3. The minimum absolute atomic E-state index is 0.270. The highest BCUT2D eigenvalue weighted by Crippen LogP contribution is 2.19. The van der Waals surface area contributed by atoms with E-state index in [2.05, 4.69) is 23.9 Å². The summed E-state index contributed by atoms with van der Waals surface area (Å²) in [5.74, 6) is 1.51. The SMILES string of the molecule is CC(C)n1ncnc1CC(O)CSc1ccccc1. The third-order valence-electron chi connectivity index (χ3n) is 2.74. The molecule has 1 atom stereocenters. The van der Waals surface area contributed by atoms with Crippen LogP contribution in [-0.4, -0.2) is 31.7 Å². The number of hydrogen-bond donors (Lipinski definition) is 1. The summed E-state index contributed by atoms with van der Waals surface area (Å²) < 4.78 is 1.86. The lowest BCUT2D eigenvalue weighted by Crippen LogP contribution is -2.18. The Morgan fingerprint density at radius 3 is 2.68 bits per heavy atom. The molecule has 1 heterocycles. The van der Waals surface area contributed by atoms with Crippen molar-refractivity contribution < 1.29 is 5.11 Å². The van der Waals surface area contributed by atoms with Crippen LogP contribution in [0.1, 0.15) is 25.7 Å². The number of aliphatic hydroxyl groups excluding tert-OH is 1. The molecule has 0 amide bonds. The number of aliphatic hydroxyl groups is 1. The lowest BCUT2D eigenvalue weighted by atomic mass is 10.2. The number of aromatic nitrogens is 3. The zero-order valence-corrected chi connectivity index (χ0v) is 12.0. The molecular formula is C14H19N3OS. The van der Waals surface area contributed by atoms with Gasteiger partial charge in [0.2, 0.25) is 0 Å². The molecule has 0 aliphatic carbocycles. The van der Waals surface area contributed by atoms with Crippen molar-refractivity contribution >= 4 is 11.8 Å². The van der Waals surface area contributed by atoms with Gasteiger partial charge >= 0.3 is 0 Å². The van der Waals surface area contributed by atoms with Crippen LogP contribution in [0.5, 0.6) is 0 Å². The zero-order chi connectivity index (χ0) is 13.7. The fourth-order valence-corrected chi connectivity index (χ4v) is 2.68. The molecule has 102 valence electrons. The number of thioether (sulfide) groups is 1. The highest BCUT2D eigenvalue weighted by Gasteiger charge is 2.13. The highest BCUT2D eigenvalue weighted by molar-refractivity contribution is 7.99. The van der Waals surface area contributed by atoms with Crippen molar-refractivity contribution in [3.8, 4) is 0 Å². The minimum Gasteiger partial charge on any atom is -0.392 e. The van der Waals surface area contributed by atoms with Crippen molar-refractivity contribution in [2.45, 2.75) is 37.3 Å². The van der Waals surface area contributed by atoms with Gasteiger partial charge in [-0.05, 0) is 26.0 Å². The number of hydrogen-bond acceptors (Lipinski definition) is 4. The van der Waals surface area contributed by atoms with Crippen molar-refractivity contribution in [3.63, 3.8) is 0 Å². The van der Waals surface area contributed by atoms with E-state index in [0.717, 1.165) is 5.82 Å². The van der Waals surface area contributed by atoms with Gasteiger partial charge < -0.3 is 5.11 Å². The fraction of sp³-hybridized carbons (Fsp3) is 0.429. The average Bonchev–Trinajstić information content (AvgIpc) is 2.86. The summed E-state index contributed by atoms with van der Waals surface area (Å²) in [5, 5.41) is 14.3. The van der Waals surface area contributed by atoms with Crippen LogP contribution in [0.25, 0.3) is 0 Å². The summed E-state index contributed by atoms with van der Waals surface area (Å²) in [4.78, 5) is 5.39. The molecule has 0 bridgehead atoms. The average molecular weight is 277 g/mol. The van der Waals surface area contributed by atoms with E-state index in [1.165, 1.54) is 4.90 Å². The van der Waals surface area contributed by atoms with Crippen molar-refractivity contribution in [2.75, 3.05) is 5.75 Å². The van der Waals surface area contributed by atoms with Gasteiger partial charge in [-0.25, -0.2) is 9.67 Å². The predicted molar refractivity (Wildman–Crippen MR) is 77.3 cm³/mol. The molecule has 0 spiro atoms. The molecule has 0 aliphatic rings. The van der Waals surface area contributed by atoms with Crippen molar-refractivity contribution in [1.82, 2.24) is 14.8 Å². The van der Waals surface area contributed by atoms with Gasteiger partial charge in [0.1, 0.15) is 12.2 Å². The monoisotopic (exact) mass is 277 g/mol. The first-order valence-corrected chi connectivity index (χ1v) is 7.39. The van der Waals surface area contributed by atoms with Gasteiger partial charge in [-0.3, -0.25) is 0 Å². The van der Waals surface area contributed by atoms with Crippen LogP contribution in [-0.2, 0) is 6.42 Å². The molecule has 0 fully saturated rings. The summed E-state index contributed by atoms with van der Waals surface area (Å²) in [7, 11) is 0. The first-order chi connectivity index (χ1) is 9.16. The zero-order valence-electron chi connectivity index (χ0n) is 11.2. The summed E-state index contributed by atoms with van der Waals surface area (Å²) in [6.45, 7) is 4.12. The van der Waals surface area contributed by atoms with E-state index in [-0.39, 0.29) is 6.04 Å². The lowest BCUT2D eigenvalue weighted by Gasteiger charge is -2.13. The van der Waals surface area contributed by atoms with E-state index in [1.54, 1.807) is 18.1 Å². The highest BCUT2D eigenvalue weighted by atomic mass is 32.2. The van der Waals surface area contributed by atoms with Crippen LogP contribution in [0.15, 0.2) is 41.6 Å². The maximum atomic E-state index is 10.1. The molecule has 0 aliphatic heterocycles. The molecule has 2 rings (SSSR count). The molecule has 4 nitrogen and oxygen atoms in total. The van der Waals surface area contributed by atoms with E-state index >= 15 is 0 Å². The van der Waals surface area contributed by atoms with Crippen molar-refractivity contribution in [3.05, 3.63) is 42.5 Å². The molecule has 0 saturated heterocycles. The van der Waals surface area contributed by atoms with Gasteiger partial charge in [0.15, 0.2) is 0 Å². The predicted octanol–water partition coefficient (Wildman–Crippen LogP) is 2.55. The second-order valence-corrected chi connectivity index (χ2v) is 5.79. The Morgan fingerprint density at radius 2 is 2.00 bits per heavy atom. The molecule has 1 aromatic heterocycles. The molecule has 1 aromatic carbocycles. The van der Waals surface area contributed by atoms with Crippen LogP contribution >= 0.6 is 11.8 Å². The molecule has 0 radical (unpaired) electrons. The van der Waals surface area contributed by atoms with Gasteiger partial charge in [0.25, 0.3) is 0 Å². The van der Waals surface area contributed by atoms with Crippen molar-refractivity contribution in [1.29, 1.82) is 0 Å². The standard InChI is InChI=1S/C14H19N3OS/c1-11(2)17-14(15-10-16-17)8-12(18)9-19-13-6-4-3-5-7-13/h3-7,10-12,18H,8-9H2,1-2H3. The Bertz CT molecular complexity index is 498. The van der Waals surface area contributed by atoms with Crippen LogP contribution in [0.4, 0.5) is 0 Å². The molecule has 1 unspecified atom stereocenters. The van der Waals surface area contributed by atoms with E-state index in [0.29, 0.717) is 12.2 Å². The van der Waals surface area contributed by atoms with E-state index in [9.17, 15) is 5.11 Å². The van der Waals surface area contributed by atoms with E-state index < -0.39 is 6.10 Å². The maximum absolute atomic E-state index is 10.1. The Balaban J connectivity index is 1.87. The van der Waals surface area contributed by atoms with E-state index in [4.69, 9.17) is 0 Å². The Hall–Kier alpha value is -1.33. The maximum Gasteiger partial charge on any atom is 0.138 e. The first-order valence-electron chi connectivity index (χ1n) is 6.41. The normalized spacial score (nSPS) is 12.8. The Labute approximate surface area is 117 Å². The molecule has 1 N–H and O–H groups in total. The summed E-state index contributed by atoms with van der Waals surface area (Å²) >= 11 is 1.66. The third kappa shape index (κ3) is 4.08. The minimum atomic E-state index is -0.410. The summed E-state index contributed by atoms with van der Waals surface area (Å²) in [5.41, 5.74) is 0. The van der Waals surface area contributed by atoms with Crippen LogP contribution < -0.4 is 0 Å². The molecule has 5 heteroatoms. The first kappa shape index (κ1) is 14.1. The van der Waals surface area contributed by atoms with Crippen LogP contribution in [0.2, 0.25) is 0 Å².